The molecule has 2 rings (SSSR count). The number of nitrogens with zero attached hydrogens (tertiary/aromatic N) is 3. The smallest absolute Gasteiger partial charge is 0.0991 e. The topological polar surface area (TPSA) is 61.3 Å². The molecule has 1 aromatic carbocycles. The first-order chi connectivity index (χ1) is 7.67. The largest absolute Gasteiger partial charge is 0.411 e. The molecule has 1 heterocycles. The Bertz CT molecular complexity index is 617. The van der Waals surface area contributed by atoms with E-state index in [-0.39, 0.29) is 0 Å². The third kappa shape index (κ3) is 1.43. The van der Waals surface area contributed by atoms with Gasteiger partial charge < -0.3 is 9.77 Å². The number of hydrogen-bond donors (Lipinski definition) is 1. The fraction of sp³-hybridized carbons (Fsp3) is 0.167. The maximum absolute atomic E-state index is 8.85. The van der Waals surface area contributed by atoms with Crippen LogP contribution in [0.15, 0.2) is 29.6 Å². The molecular weight excluding hydrogens is 202 g/mol. The molecule has 0 radical (unpaired) electrons. The maximum atomic E-state index is 8.85. The van der Waals surface area contributed by atoms with Gasteiger partial charge in [-0.3, -0.25) is 0 Å². The van der Waals surface area contributed by atoms with Crippen LogP contribution in [0.2, 0.25) is 0 Å². The van der Waals surface area contributed by atoms with E-state index < -0.39 is 0 Å². The van der Waals surface area contributed by atoms with Crippen molar-refractivity contribution in [3.05, 3.63) is 35.5 Å². The molecule has 0 aliphatic rings. The van der Waals surface area contributed by atoms with Crippen molar-refractivity contribution in [3.8, 4) is 6.07 Å². The van der Waals surface area contributed by atoms with Crippen molar-refractivity contribution in [3.63, 3.8) is 0 Å². The minimum absolute atomic E-state index is 0.542. The van der Waals surface area contributed by atoms with Crippen LogP contribution in [0.1, 0.15) is 18.1 Å². The van der Waals surface area contributed by atoms with Gasteiger partial charge in [0, 0.05) is 29.7 Å². The van der Waals surface area contributed by atoms with E-state index in [1.54, 1.807) is 19.1 Å². The van der Waals surface area contributed by atoms with Crippen LogP contribution in [0.5, 0.6) is 0 Å². The Morgan fingerprint density at radius 3 is 2.88 bits per heavy atom. The fourth-order valence-corrected chi connectivity index (χ4v) is 1.80. The second kappa shape index (κ2) is 3.70. The van der Waals surface area contributed by atoms with Crippen molar-refractivity contribution in [2.45, 2.75) is 6.92 Å². The monoisotopic (exact) mass is 213 g/mol. The number of fused-ring (bicyclic) bond motifs is 1. The summed E-state index contributed by atoms with van der Waals surface area (Å²) in [4.78, 5) is 0. The lowest BCUT2D eigenvalue weighted by Crippen LogP contribution is -1.92. The summed E-state index contributed by atoms with van der Waals surface area (Å²) in [6.45, 7) is 1.73. The quantitative estimate of drug-likeness (QED) is 0.448. The zero-order valence-corrected chi connectivity index (χ0v) is 9.10. The Morgan fingerprint density at radius 1 is 1.50 bits per heavy atom. The van der Waals surface area contributed by atoms with Crippen LogP contribution in [0.4, 0.5) is 0 Å². The average Bonchev–Trinajstić information content (AvgIpc) is 2.65. The first-order valence-corrected chi connectivity index (χ1v) is 4.85. The van der Waals surface area contributed by atoms with Gasteiger partial charge in [0.05, 0.1) is 17.3 Å². The summed E-state index contributed by atoms with van der Waals surface area (Å²) < 4.78 is 1.94. The Hall–Kier alpha value is -2.28. The molecule has 0 bridgehead atoms. The molecule has 1 N–H and O–H groups in total. The van der Waals surface area contributed by atoms with Crippen LogP contribution >= 0.6 is 0 Å². The van der Waals surface area contributed by atoms with Gasteiger partial charge >= 0.3 is 0 Å². The third-order valence-electron chi connectivity index (χ3n) is 2.66. The lowest BCUT2D eigenvalue weighted by Gasteiger charge is -1.96. The molecule has 0 amide bonds. The zero-order chi connectivity index (χ0) is 11.7. The maximum Gasteiger partial charge on any atom is 0.0991 e. The SMILES string of the molecule is C/C(=N\O)c1cn(C)c2ccc(C#N)cc12. The Balaban J connectivity index is 2.81. The Labute approximate surface area is 93.0 Å². The standard InChI is InChI=1S/C12H11N3O/c1-8(14-16)11-7-15(2)12-4-3-9(6-13)5-10(11)12/h3-5,7,16H,1-2H3/b14-8+. The van der Waals surface area contributed by atoms with Gasteiger partial charge in [0.25, 0.3) is 0 Å². The van der Waals surface area contributed by atoms with Crippen LogP contribution in [-0.4, -0.2) is 15.5 Å². The summed E-state index contributed by atoms with van der Waals surface area (Å²) >= 11 is 0. The molecule has 0 saturated carbocycles. The highest BCUT2D eigenvalue weighted by Gasteiger charge is 2.09. The van der Waals surface area contributed by atoms with Crippen LogP contribution in [-0.2, 0) is 7.05 Å². The second-order valence-electron chi connectivity index (χ2n) is 3.68. The van der Waals surface area contributed by atoms with Crippen molar-refractivity contribution in [1.82, 2.24) is 4.57 Å². The molecular formula is C12H11N3O. The molecule has 0 aliphatic heterocycles. The first kappa shape index (κ1) is 10.2. The van der Waals surface area contributed by atoms with E-state index in [0.29, 0.717) is 11.3 Å². The number of aryl methyl sites for hydroxylation is 1. The minimum atomic E-state index is 0.542. The molecule has 80 valence electrons. The molecule has 0 atom stereocenters. The molecule has 0 aliphatic carbocycles. The van der Waals surface area contributed by atoms with Crippen molar-refractivity contribution >= 4 is 16.6 Å². The highest BCUT2D eigenvalue weighted by atomic mass is 16.4. The predicted octanol–water partition coefficient (Wildman–Crippen LogP) is 2.25. The highest BCUT2D eigenvalue weighted by molar-refractivity contribution is 6.09. The number of nitriles is 1. The number of rotatable bonds is 1. The van der Waals surface area contributed by atoms with E-state index in [0.717, 1.165) is 16.5 Å². The molecule has 0 fully saturated rings. The van der Waals surface area contributed by atoms with E-state index in [9.17, 15) is 0 Å². The molecule has 2 aromatic rings. The number of benzene rings is 1. The van der Waals surface area contributed by atoms with E-state index in [1.807, 2.05) is 23.9 Å². The first-order valence-electron chi connectivity index (χ1n) is 4.85. The van der Waals surface area contributed by atoms with Gasteiger partial charge in [0.15, 0.2) is 0 Å². The molecule has 0 spiro atoms. The Morgan fingerprint density at radius 2 is 2.25 bits per heavy atom. The van der Waals surface area contributed by atoms with Crippen molar-refractivity contribution in [2.24, 2.45) is 12.2 Å². The summed E-state index contributed by atoms with van der Waals surface area (Å²) in [7, 11) is 1.92. The van der Waals surface area contributed by atoms with Gasteiger partial charge in [0.2, 0.25) is 0 Å². The molecule has 4 heteroatoms. The van der Waals surface area contributed by atoms with E-state index in [2.05, 4.69) is 11.2 Å². The number of hydrogen-bond acceptors (Lipinski definition) is 3. The van der Waals surface area contributed by atoms with Crippen LogP contribution in [0, 0.1) is 11.3 Å². The lowest BCUT2D eigenvalue weighted by atomic mass is 10.1. The summed E-state index contributed by atoms with van der Waals surface area (Å²) in [5.41, 5.74) is 3.00. The second-order valence-corrected chi connectivity index (χ2v) is 3.68. The van der Waals surface area contributed by atoms with Crippen molar-refractivity contribution in [2.75, 3.05) is 0 Å². The van der Waals surface area contributed by atoms with Gasteiger partial charge in [-0.2, -0.15) is 5.26 Å². The van der Waals surface area contributed by atoms with Gasteiger partial charge in [-0.15, -0.1) is 0 Å². The molecule has 0 unspecified atom stereocenters. The van der Waals surface area contributed by atoms with Gasteiger partial charge in [-0.25, -0.2) is 0 Å². The normalized spacial score (nSPS) is 11.7. The highest BCUT2D eigenvalue weighted by Crippen LogP contribution is 2.22. The summed E-state index contributed by atoms with van der Waals surface area (Å²) in [5.74, 6) is 0. The van der Waals surface area contributed by atoms with E-state index >= 15 is 0 Å². The molecule has 0 saturated heterocycles. The molecule has 1 aromatic heterocycles. The van der Waals surface area contributed by atoms with E-state index in [1.165, 1.54) is 0 Å². The van der Waals surface area contributed by atoms with Gasteiger partial charge in [-0.1, -0.05) is 5.16 Å². The third-order valence-corrected chi connectivity index (χ3v) is 2.66. The van der Waals surface area contributed by atoms with Gasteiger partial charge in [-0.05, 0) is 25.1 Å². The zero-order valence-electron chi connectivity index (χ0n) is 9.10. The van der Waals surface area contributed by atoms with E-state index in [4.69, 9.17) is 10.5 Å². The van der Waals surface area contributed by atoms with Crippen LogP contribution in [0.3, 0.4) is 0 Å². The lowest BCUT2D eigenvalue weighted by molar-refractivity contribution is 0.319. The van der Waals surface area contributed by atoms with Crippen LogP contribution < -0.4 is 0 Å². The van der Waals surface area contributed by atoms with Gasteiger partial charge in [0.1, 0.15) is 0 Å². The van der Waals surface area contributed by atoms with Crippen LogP contribution in [0.25, 0.3) is 10.9 Å². The van der Waals surface area contributed by atoms with Crippen molar-refractivity contribution < 1.29 is 5.21 Å². The number of aromatic nitrogens is 1. The minimum Gasteiger partial charge on any atom is -0.411 e. The Kier molecular flexibility index (Phi) is 2.37. The molecule has 16 heavy (non-hydrogen) atoms. The number of oxime groups is 1. The average molecular weight is 213 g/mol. The summed E-state index contributed by atoms with van der Waals surface area (Å²) in [6.07, 6.45) is 1.89. The summed E-state index contributed by atoms with van der Waals surface area (Å²) in [5, 5.41) is 21.8. The van der Waals surface area contributed by atoms with Crippen molar-refractivity contribution in [1.29, 1.82) is 5.26 Å². The molecule has 4 nitrogen and oxygen atoms in total. The predicted molar refractivity (Wildman–Crippen MR) is 61.6 cm³/mol. The fourth-order valence-electron chi connectivity index (χ4n) is 1.80. The summed E-state index contributed by atoms with van der Waals surface area (Å²) in [6, 6.07) is 7.57.